The van der Waals surface area contributed by atoms with Gasteiger partial charge in [-0.05, 0) is 53.7 Å². The Bertz CT molecular complexity index is 851. The van der Waals surface area contributed by atoms with E-state index in [9.17, 15) is 4.79 Å². The van der Waals surface area contributed by atoms with Crippen LogP contribution in [0.15, 0.2) is 40.9 Å². The number of hydrogen-bond acceptors (Lipinski definition) is 5. The Morgan fingerprint density at radius 2 is 1.86 bits per heavy atom. The Morgan fingerprint density at radius 1 is 1.14 bits per heavy atom. The molecule has 0 aliphatic carbocycles. The predicted octanol–water partition coefficient (Wildman–Crippen LogP) is 4.25. The van der Waals surface area contributed by atoms with Crippen LogP contribution in [0.25, 0.3) is 0 Å². The summed E-state index contributed by atoms with van der Waals surface area (Å²) >= 11 is 3.49. The maximum atomic E-state index is 13.0. The number of carbonyl (C=O) groups is 1. The average molecular weight is 462 g/mol. The van der Waals surface area contributed by atoms with E-state index in [2.05, 4.69) is 44.0 Å². The predicted molar refractivity (Wildman–Crippen MR) is 121 cm³/mol. The van der Waals surface area contributed by atoms with E-state index in [0.29, 0.717) is 28.1 Å². The van der Waals surface area contributed by atoms with Gasteiger partial charge in [-0.3, -0.25) is 4.79 Å². The number of ether oxygens (including phenoxy) is 2. The van der Waals surface area contributed by atoms with Gasteiger partial charge in [-0.2, -0.15) is 0 Å². The Kier molecular flexibility index (Phi) is 7.39. The van der Waals surface area contributed by atoms with Crippen LogP contribution < -0.4 is 19.7 Å². The second kappa shape index (κ2) is 9.98. The second-order valence-corrected chi connectivity index (χ2v) is 7.67. The van der Waals surface area contributed by atoms with E-state index < -0.39 is 0 Å². The summed E-state index contributed by atoms with van der Waals surface area (Å²) in [7, 11) is 1.57. The Balaban J connectivity index is 1.80. The van der Waals surface area contributed by atoms with E-state index in [4.69, 9.17) is 9.47 Å². The first-order valence-corrected chi connectivity index (χ1v) is 10.7. The van der Waals surface area contributed by atoms with Crippen molar-refractivity contribution in [3.05, 3.63) is 46.4 Å². The number of likely N-dealkylation sites (N-methyl/N-ethyl adjacent to an activating group) is 1. The lowest BCUT2D eigenvalue weighted by Crippen LogP contribution is -2.46. The average Bonchev–Trinajstić information content (AvgIpc) is 2.75. The number of carbonyl (C=O) groups excluding carboxylic acids is 1. The standard InChI is InChI=1S/C22H28BrN3O3/c1-4-25-10-12-26(13-11-25)19-9-7-6-8-18(19)24-22(27)16-14-17(23)21(29-5-2)20(15-16)28-3/h6-9,14-15H,4-5,10-13H2,1-3H3,(H,24,27). The number of rotatable bonds is 7. The molecule has 1 amide bonds. The third-order valence-electron chi connectivity index (χ3n) is 5.09. The molecule has 0 bridgehead atoms. The first kappa shape index (κ1) is 21.5. The normalized spacial score (nSPS) is 14.6. The highest BCUT2D eigenvalue weighted by molar-refractivity contribution is 9.10. The van der Waals surface area contributed by atoms with Gasteiger partial charge >= 0.3 is 0 Å². The summed E-state index contributed by atoms with van der Waals surface area (Å²) in [5, 5.41) is 3.07. The molecule has 29 heavy (non-hydrogen) atoms. The van der Waals surface area contributed by atoms with Crippen LogP contribution >= 0.6 is 15.9 Å². The van der Waals surface area contributed by atoms with Crippen molar-refractivity contribution in [1.29, 1.82) is 0 Å². The number of methoxy groups -OCH3 is 1. The molecule has 0 spiro atoms. The molecule has 1 saturated heterocycles. The van der Waals surface area contributed by atoms with Gasteiger partial charge in [0.2, 0.25) is 0 Å². The molecule has 1 N–H and O–H groups in total. The Labute approximate surface area is 180 Å². The minimum absolute atomic E-state index is 0.188. The molecule has 7 heteroatoms. The van der Waals surface area contributed by atoms with E-state index in [1.165, 1.54) is 0 Å². The van der Waals surface area contributed by atoms with Crippen LogP contribution in [0.1, 0.15) is 24.2 Å². The van der Waals surface area contributed by atoms with Crippen LogP contribution in [0.2, 0.25) is 0 Å². The largest absolute Gasteiger partial charge is 0.493 e. The molecule has 2 aromatic rings. The number of halogens is 1. The third kappa shape index (κ3) is 5.03. The SMILES string of the molecule is CCOc1c(Br)cc(C(=O)Nc2ccccc2N2CCN(CC)CC2)cc1OC. The fourth-order valence-electron chi connectivity index (χ4n) is 3.49. The zero-order chi connectivity index (χ0) is 20.8. The van der Waals surface area contributed by atoms with Crippen molar-refractivity contribution in [2.75, 3.05) is 56.7 Å². The summed E-state index contributed by atoms with van der Waals surface area (Å²) < 4.78 is 11.7. The first-order valence-electron chi connectivity index (χ1n) is 9.95. The van der Waals surface area contributed by atoms with Crippen molar-refractivity contribution in [2.24, 2.45) is 0 Å². The number of anilines is 2. The van der Waals surface area contributed by atoms with E-state index in [-0.39, 0.29) is 5.91 Å². The van der Waals surface area contributed by atoms with Crippen molar-refractivity contribution in [3.63, 3.8) is 0 Å². The molecular weight excluding hydrogens is 434 g/mol. The topological polar surface area (TPSA) is 54.0 Å². The molecule has 1 aliphatic rings. The summed E-state index contributed by atoms with van der Waals surface area (Å²) in [5.74, 6) is 0.933. The molecule has 0 atom stereocenters. The van der Waals surface area contributed by atoms with Crippen molar-refractivity contribution < 1.29 is 14.3 Å². The number of piperazine rings is 1. The second-order valence-electron chi connectivity index (χ2n) is 6.82. The van der Waals surface area contributed by atoms with E-state index in [0.717, 1.165) is 44.1 Å². The quantitative estimate of drug-likeness (QED) is 0.667. The molecule has 0 unspecified atom stereocenters. The summed E-state index contributed by atoms with van der Waals surface area (Å²) in [4.78, 5) is 17.7. The molecule has 6 nitrogen and oxygen atoms in total. The highest BCUT2D eigenvalue weighted by Gasteiger charge is 2.20. The molecule has 3 rings (SSSR count). The molecule has 156 valence electrons. The van der Waals surface area contributed by atoms with Gasteiger partial charge in [0.05, 0.1) is 29.6 Å². The molecule has 0 aromatic heterocycles. The van der Waals surface area contributed by atoms with Crippen LogP contribution in [0.4, 0.5) is 11.4 Å². The molecule has 1 fully saturated rings. The summed E-state index contributed by atoms with van der Waals surface area (Å²) in [6, 6.07) is 11.4. The lowest BCUT2D eigenvalue weighted by atomic mass is 10.1. The summed E-state index contributed by atoms with van der Waals surface area (Å²) in [6.07, 6.45) is 0. The molecule has 2 aromatic carbocycles. The lowest BCUT2D eigenvalue weighted by molar-refractivity contribution is 0.102. The molecule has 0 saturated carbocycles. The Hall–Kier alpha value is -2.25. The van der Waals surface area contributed by atoms with Crippen LogP contribution in [-0.2, 0) is 0 Å². The summed E-state index contributed by atoms with van der Waals surface area (Å²) in [5.41, 5.74) is 2.36. The van der Waals surface area contributed by atoms with Gasteiger partial charge in [-0.1, -0.05) is 19.1 Å². The molecule has 1 aliphatic heterocycles. The van der Waals surface area contributed by atoms with Crippen LogP contribution in [-0.4, -0.2) is 57.2 Å². The fraction of sp³-hybridized carbons (Fsp3) is 0.409. The van der Waals surface area contributed by atoms with Gasteiger partial charge in [-0.15, -0.1) is 0 Å². The number of benzene rings is 2. The van der Waals surface area contributed by atoms with Crippen molar-refractivity contribution in [2.45, 2.75) is 13.8 Å². The zero-order valence-electron chi connectivity index (χ0n) is 17.2. The number of hydrogen-bond donors (Lipinski definition) is 1. The third-order valence-corrected chi connectivity index (χ3v) is 5.68. The van der Waals surface area contributed by atoms with Crippen LogP contribution in [0.5, 0.6) is 11.5 Å². The number of nitrogens with one attached hydrogen (secondary N) is 1. The van der Waals surface area contributed by atoms with Gasteiger partial charge in [0, 0.05) is 31.7 Å². The molecule has 0 radical (unpaired) electrons. The lowest BCUT2D eigenvalue weighted by Gasteiger charge is -2.36. The smallest absolute Gasteiger partial charge is 0.255 e. The van der Waals surface area contributed by atoms with E-state index >= 15 is 0 Å². The number of para-hydroxylation sites is 2. The highest BCUT2D eigenvalue weighted by atomic mass is 79.9. The van der Waals surface area contributed by atoms with Crippen molar-refractivity contribution >= 4 is 33.2 Å². The summed E-state index contributed by atoms with van der Waals surface area (Å²) in [6.45, 7) is 9.63. The monoisotopic (exact) mass is 461 g/mol. The fourth-order valence-corrected chi connectivity index (χ4v) is 4.05. The van der Waals surface area contributed by atoms with Crippen LogP contribution in [0, 0.1) is 0 Å². The maximum Gasteiger partial charge on any atom is 0.255 e. The van der Waals surface area contributed by atoms with Gasteiger partial charge in [-0.25, -0.2) is 0 Å². The van der Waals surface area contributed by atoms with Gasteiger partial charge in [0.1, 0.15) is 0 Å². The Morgan fingerprint density at radius 3 is 2.52 bits per heavy atom. The minimum atomic E-state index is -0.188. The minimum Gasteiger partial charge on any atom is -0.493 e. The van der Waals surface area contributed by atoms with Crippen molar-refractivity contribution in [1.82, 2.24) is 4.90 Å². The molecule has 1 heterocycles. The highest BCUT2D eigenvalue weighted by Crippen LogP contribution is 2.37. The van der Waals surface area contributed by atoms with Gasteiger partial charge in [0.15, 0.2) is 11.5 Å². The first-order chi connectivity index (χ1) is 14.1. The number of nitrogens with zero attached hydrogens (tertiary/aromatic N) is 2. The van der Waals surface area contributed by atoms with Gasteiger partial charge in [0.25, 0.3) is 5.91 Å². The van der Waals surface area contributed by atoms with Crippen LogP contribution in [0.3, 0.4) is 0 Å². The van der Waals surface area contributed by atoms with E-state index in [1.807, 2.05) is 25.1 Å². The van der Waals surface area contributed by atoms with E-state index in [1.54, 1.807) is 19.2 Å². The number of amides is 1. The molecular formula is C22H28BrN3O3. The zero-order valence-corrected chi connectivity index (χ0v) is 18.8. The maximum absolute atomic E-state index is 13.0. The van der Waals surface area contributed by atoms with Crippen molar-refractivity contribution in [3.8, 4) is 11.5 Å². The van der Waals surface area contributed by atoms with Gasteiger partial charge < -0.3 is 24.6 Å².